The Morgan fingerprint density at radius 2 is 2.00 bits per heavy atom. The first-order valence-electron chi connectivity index (χ1n) is 9.60. The van der Waals surface area contributed by atoms with Crippen molar-refractivity contribution in [2.45, 2.75) is 31.6 Å². The minimum atomic E-state index is -2.80. The summed E-state index contributed by atoms with van der Waals surface area (Å²) in [6.07, 6.45) is -1.01. The molecule has 162 valence electrons. The molecule has 7 nitrogen and oxygen atoms in total. The number of carbonyl (C=O) groups excluding carboxylic acids is 1. The molecule has 2 aliphatic rings. The van der Waals surface area contributed by atoms with Gasteiger partial charge in [-0.15, -0.1) is 0 Å². The summed E-state index contributed by atoms with van der Waals surface area (Å²) in [5, 5.41) is 2.51. The summed E-state index contributed by atoms with van der Waals surface area (Å²) in [5.74, 6) is -0.588. The molecule has 31 heavy (non-hydrogen) atoms. The van der Waals surface area contributed by atoms with Gasteiger partial charge in [0.2, 0.25) is 12.1 Å². The molecule has 2 unspecified atom stereocenters. The predicted molar refractivity (Wildman–Crippen MR) is 101 cm³/mol. The van der Waals surface area contributed by atoms with Gasteiger partial charge in [-0.1, -0.05) is 6.07 Å². The van der Waals surface area contributed by atoms with E-state index in [1.807, 2.05) is 0 Å². The fourth-order valence-corrected chi connectivity index (χ4v) is 4.41. The summed E-state index contributed by atoms with van der Waals surface area (Å²) in [6, 6.07) is 3.76. The maximum atomic E-state index is 13.2. The highest BCUT2D eigenvalue weighted by molar-refractivity contribution is 6.02. The van der Waals surface area contributed by atoms with Crippen molar-refractivity contribution in [1.82, 2.24) is 19.4 Å². The molecule has 3 atom stereocenters. The molecular weight excluding hydrogens is 418 g/mol. The molecule has 3 heterocycles. The topological polar surface area (TPSA) is 81.4 Å². The lowest BCUT2D eigenvalue weighted by Crippen LogP contribution is -2.30. The van der Waals surface area contributed by atoms with E-state index >= 15 is 0 Å². The number of alkyl halides is 4. The first-order chi connectivity index (χ1) is 14.8. The second kappa shape index (κ2) is 6.89. The van der Waals surface area contributed by atoms with Crippen LogP contribution in [-0.4, -0.2) is 38.8 Å². The lowest BCUT2D eigenvalue weighted by atomic mass is 9.73. The Hall–Kier alpha value is -3.24. The molecule has 0 spiro atoms. The van der Waals surface area contributed by atoms with Crippen molar-refractivity contribution in [2.24, 2.45) is 11.3 Å². The molecule has 0 radical (unpaired) electrons. The van der Waals surface area contributed by atoms with Crippen molar-refractivity contribution in [2.75, 3.05) is 12.4 Å². The number of methoxy groups -OCH3 is 1. The van der Waals surface area contributed by atoms with Gasteiger partial charge in [0, 0.05) is 17.5 Å². The van der Waals surface area contributed by atoms with Crippen LogP contribution in [0.2, 0.25) is 0 Å². The van der Waals surface area contributed by atoms with Crippen LogP contribution in [0, 0.1) is 11.3 Å². The van der Waals surface area contributed by atoms with Gasteiger partial charge in [0.15, 0.2) is 5.82 Å². The van der Waals surface area contributed by atoms with Crippen molar-refractivity contribution in [3.8, 4) is 5.88 Å². The summed E-state index contributed by atoms with van der Waals surface area (Å²) in [4.78, 5) is 24.8. The molecule has 2 fully saturated rings. The summed E-state index contributed by atoms with van der Waals surface area (Å²) in [7, 11) is 1.39. The molecular formula is C20H17F4N5O2. The number of halogens is 4. The standard InChI is InChI=1S/C20H17F4N5O2/c1-31-18-16-26-13(9-5-20(19(23)24)6-10(9)20)7-29(16)8-14(28-18)27-17(30)12-4-2-3-11(25-12)15(21)22/h2-4,7-10,15,19H,5-6H2,1H3,(H,27,30)/t9-,10?,20?/m1/s1. The number of pyridine rings is 1. The molecule has 0 aromatic carbocycles. The largest absolute Gasteiger partial charge is 0.478 e. The van der Waals surface area contributed by atoms with Crippen molar-refractivity contribution in [1.29, 1.82) is 0 Å². The number of hydrogen-bond donors (Lipinski definition) is 1. The first kappa shape index (κ1) is 19.7. The lowest BCUT2D eigenvalue weighted by Gasteiger charge is -2.32. The fourth-order valence-electron chi connectivity index (χ4n) is 4.41. The molecule has 3 aromatic heterocycles. The molecule has 2 saturated carbocycles. The van der Waals surface area contributed by atoms with Crippen molar-refractivity contribution in [3.63, 3.8) is 0 Å². The number of anilines is 1. The average molecular weight is 435 g/mol. The minimum absolute atomic E-state index is 0.0436. The van der Waals surface area contributed by atoms with Gasteiger partial charge < -0.3 is 10.1 Å². The van der Waals surface area contributed by atoms with Gasteiger partial charge in [-0.3, -0.25) is 9.20 Å². The van der Waals surface area contributed by atoms with Crippen molar-refractivity contribution < 1.29 is 27.1 Å². The number of nitrogens with one attached hydrogen (secondary N) is 1. The number of carbonyl (C=O) groups is 1. The van der Waals surface area contributed by atoms with Crippen molar-refractivity contribution in [3.05, 3.63) is 47.7 Å². The fraction of sp³-hybridized carbons (Fsp3) is 0.400. The van der Waals surface area contributed by atoms with Crippen LogP contribution in [0.4, 0.5) is 23.4 Å². The average Bonchev–Trinajstić information content (AvgIpc) is 3.12. The van der Waals surface area contributed by atoms with Gasteiger partial charge >= 0.3 is 0 Å². The van der Waals surface area contributed by atoms with Crippen LogP contribution in [0.1, 0.15) is 47.1 Å². The van der Waals surface area contributed by atoms with E-state index in [0.29, 0.717) is 24.2 Å². The van der Waals surface area contributed by atoms with E-state index in [0.717, 1.165) is 6.07 Å². The zero-order chi connectivity index (χ0) is 21.9. The molecule has 2 aliphatic carbocycles. The highest BCUT2D eigenvalue weighted by atomic mass is 19.3. The summed E-state index contributed by atoms with van der Waals surface area (Å²) >= 11 is 0. The number of fused-ring (bicyclic) bond motifs is 2. The third-order valence-electron chi connectivity index (χ3n) is 6.17. The number of imidazole rings is 1. The van der Waals surface area contributed by atoms with Gasteiger partial charge in [0.1, 0.15) is 11.4 Å². The van der Waals surface area contributed by atoms with E-state index in [1.54, 1.807) is 10.6 Å². The highest BCUT2D eigenvalue weighted by Gasteiger charge is 2.72. The summed E-state index contributed by atoms with van der Waals surface area (Å²) in [5.41, 5.74) is -0.469. The number of ether oxygens (including phenoxy) is 1. The van der Waals surface area contributed by atoms with Crippen LogP contribution in [0.25, 0.3) is 5.65 Å². The zero-order valence-corrected chi connectivity index (χ0v) is 16.2. The number of rotatable bonds is 6. The highest BCUT2D eigenvalue weighted by Crippen LogP contribution is 2.76. The molecule has 0 bridgehead atoms. The number of aromatic nitrogens is 4. The van der Waals surface area contributed by atoms with Crippen LogP contribution in [-0.2, 0) is 0 Å². The van der Waals surface area contributed by atoms with E-state index in [-0.39, 0.29) is 29.2 Å². The second-order valence-corrected chi connectivity index (χ2v) is 7.89. The number of hydrogen-bond acceptors (Lipinski definition) is 5. The summed E-state index contributed by atoms with van der Waals surface area (Å²) in [6.45, 7) is 0. The molecule has 0 saturated heterocycles. The maximum Gasteiger partial charge on any atom is 0.280 e. The number of amides is 1. The molecule has 0 aliphatic heterocycles. The molecule has 3 aromatic rings. The van der Waals surface area contributed by atoms with Crippen molar-refractivity contribution >= 4 is 17.4 Å². The second-order valence-electron chi connectivity index (χ2n) is 7.89. The Bertz CT molecular complexity index is 1180. The Labute approximate surface area is 173 Å². The van der Waals surface area contributed by atoms with Crippen LogP contribution < -0.4 is 10.1 Å². The van der Waals surface area contributed by atoms with E-state index in [9.17, 15) is 22.4 Å². The summed E-state index contributed by atoms with van der Waals surface area (Å²) < 4.78 is 58.9. The lowest BCUT2D eigenvalue weighted by molar-refractivity contribution is 0.00515. The van der Waals surface area contributed by atoms with E-state index in [1.165, 1.54) is 25.4 Å². The van der Waals surface area contributed by atoms with Gasteiger partial charge in [-0.2, -0.15) is 4.98 Å². The van der Waals surface area contributed by atoms with Gasteiger partial charge in [0.25, 0.3) is 18.2 Å². The first-order valence-corrected chi connectivity index (χ1v) is 9.60. The third kappa shape index (κ3) is 3.10. The number of nitrogens with zero attached hydrogens (tertiary/aromatic N) is 4. The van der Waals surface area contributed by atoms with Crippen LogP contribution in [0.3, 0.4) is 0 Å². The Morgan fingerprint density at radius 3 is 2.65 bits per heavy atom. The Morgan fingerprint density at radius 1 is 1.19 bits per heavy atom. The van der Waals surface area contributed by atoms with Crippen LogP contribution in [0.5, 0.6) is 5.88 Å². The van der Waals surface area contributed by atoms with E-state index < -0.39 is 29.9 Å². The normalized spacial score (nSPS) is 24.2. The Kier molecular flexibility index (Phi) is 4.38. The molecule has 1 amide bonds. The molecule has 5 rings (SSSR count). The SMILES string of the molecule is COc1nc(NC(=O)c2cccc(C(F)F)n2)cn2cc([C@@H]3CC4(C(F)F)CC34)nc12. The Balaban J connectivity index is 1.40. The minimum Gasteiger partial charge on any atom is -0.478 e. The smallest absolute Gasteiger partial charge is 0.280 e. The molecule has 11 heteroatoms. The maximum absolute atomic E-state index is 13.2. The van der Waals surface area contributed by atoms with Crippen LogP contribution >= 0.6 is 0 Å². The van der Waals surface area contributed by atoms with Crippen LogP contribution in [0.15, 0.2) is 30.6 Å². The molecule has 1 N–H and O–H groups in total. The van der Waals surface area contributed by atoms with E-state index in [4.69, 9.17) is 4.74 Å². The third-order valence-corrected chi connectivity index (χ3v) is 6.17. The van der Waals surface area contributed by atoms with Gasteiger partial charge in [0.05, 0.1) is 19.0 Å². The van der Waals surface area contributed by atoms with Gasteiger partial charge in [-0.25, -0.2) is 27.5 Å². The van der Waals surface area contributed by atoms with E-state index in [2.05, 4.69) is 20.3 Å². The quantitative estimate of drug-likeness (QED) is 0.590. The zero-order valence-electron chi connectivity index (χ0n) is 16.2. The predicted octanol–water partition coefficient (Wildman–Crippen LogP) is 4.08. The van der Waals surface area contributed by atoms with Gasteiger partial charge in [-0.05, 0) is 30.9 Å². The monoisotopic (exact) mass is 435 g/mol.